The fourth-order valence-electron chi connectivity index (χ4n) is 2.72. The molecule has 1 aliphatic rings. The van der Waals surface area contributed by atoms with E-state index in [9.17, 15) is 0 Å². The van der Waals surface area contributed by atoms with Crippen LogP contribution in [0.15, 0.2) is 40.4 Å². The SMILES string of the molecule is [B][B][B]c1ccc(-c2cnc(-c3ccc(CC)s3)c3c2=NCN=3)s1. The number of pyridine rings is 1. The predicted octanol–water partition coefficient (Wildman–Crippen LogP) is 1.34. The number of hydrogen-bond acceptors (Lipinski definition) is 5. The average molecular weight is 343 g/mol. The molecule has 112 valence electrons. The number of aryl methyl sites for hydroxylation is 1. The van der Waals surface area contributed by atoms with Crippen LogP contribution in [0.5, 0.6) is 0 Å². The lowest BCUT2D eigenvalue weighted by atomic mass is 9.28. The Morgan fingerprint density at radius 2 is 1.92 bits per heavy atom. The van der Waals surface area contributed by atoms with E-state index in [2.05, 4.69) is 41.2 Å². The van der Waals surface area contributed by atoms with Crippen molar-refractivity contribution in [3.8, 4) is 21.0 Å². The van der Waals surface area contributed by atoms with Crippen molar-refractivity contribution in [3.63, 3.8) is 0 Å². The fraction of sp³-hybridized carbons (Fsp3) is 0.188. The van der Waals surface area contributed by atoms with Gasteiger partial charge in [-0.3, -0.25) is 15.0 Å². The summed E-state index contributed by atoms with van der Waals surface area (Å²) in [5.74, 6) is 0. The van der Waals surface area contributed by atoms with Crippen molar-refractivity contribution < 1.29 is 0 Å². The number of rotatable bonds is 5. The average Bonchev–Trinajstić information content (AvgIpc) is 3.34. The van der Waals surface area contributed by atoms with E-state index in [4.69, 9.17) is 12.7 Å². The van der Waals surface area contributed by atoms with Gasteiger partial charge in [-0.05, 0) is 29.4 Å². The second-order valence-electron chi connectivity index (χ2n) is 5.36. The van der Waals surface area contributed by atoms with Gasteiger partial charge in [0.05, 0.1) is 10.2 Å². The maximum Gasteiger partial charge on any atom is 0.131 e. The van der Waals surface area contributed by atoms with Crippen molar-refractivity contribution in [2.24, 2.45) is 9.98 Å². The summed E-state index contributed by atoms with van der Waals surface area (Å²) >= 11 is 3.46. The third-order valence-electron chi connectivity index (χ3n) is 3.88. The van der Waals surface area contributed by atoms with Gasteiger partial charge >= 0.3 is 0 Å². The highest BCUT2D eigenvalue weighted by atomic mass is 32.1. The maximum absolute atomic E-state index is 5.48. The van der Waals surface area contributed by atoms with Gasteiger partial charge in [0.15, 0.2) is 0 Å². The van der Waals surface area contributed by atoms with Crippen LogP contribution in [-0.4, -0.2) is 33.6 Å². The number of hydrogen-bond donors (Lipinski definition) is 0. The zero-order valence-corrected chi connectivity index (χ0v) is 14.8. The quantitative estimate of drug-likeness (QED) is 0.645. The molecule has 0 saturated carbocycles. The van der Waals surface area contributed by atoms with Crippen LogP contribution in [0.4, 0.5) is 0 Å². The molecule has 0 fully saturated rings. The van der Waals surface area contributed by atoms with Crippen LogP contribution in [0, 0.1) is 0 Å². The third kappa shape index (κ3) is 2.78. The predicted molar refractivity (Wildman–Crippen MR) is 104 cm³/mol. The van der Waals surface area contributed by atoms with Gasteiger partial charge in [-0.2, -0.15) is 11.3 Å². The Labute approximate surface area is 151 Å². The van der Waals surface area contributed by atoms with Gasteiger partial charge in [0.1, 0.15) is 24.9 Å². The van der Waals surface area contributed by atoms with E-state index in [1.165, 1.54) is 4.88 Å². The van der Waals surface area contributed by atoms with Crippen LogP contribution in [0.1, 0.15) is 11.8 Å². The lowest BCUT2D eigenvalue weighted by Crippen LogP contribution is -2.27. The van der Waals surface area contributed by atoms with Gasteiger partial charge in [0, 0.05) is 36.3 Å². The summed E-state index contributed by atoms with van der Waals surface area (Å²) in [6, 6.07) is 8.45. The highest BCUT2D eigenvalue weighted by molar-refractivity contribution is 7.37. The van der Waals surface area contributed by atoms with E-state index in [0.717, 1.165) is 42.9 Å². The van der Waals surface area contributed by atoms with Crippen LogP contribution < -0.4 is 15.5 Å². The van der Waals surface area contributed by atoms with E-state index in [0.29, 0.717) is 6.67 Å². The normalized spacial score (nSPS) is 12.4. The van der Waals surface area contributed by atoms with Crippen LogP contribution in [0.3, 0.4) is 0 Å². The van der Waals surface area contributed by atoms with Crippen molar-refractivity contribution in [1.29, 1.82) is 0 Å². The lowest BCUT2D eigenvalue weighted by Gasteiger charge is -2.01. The molecule has 0 atom stereocenters. The summed E-state index contributed by atoms with van der Waals surface area (Å²) in [6.07, 6.45) is 2.96. The first-order chi connectivity index (χ1) is 11.8. The molecule has 24 heavy (non-hydrogen) atoms. The number of aromatic nitrogens is 1. The molecule has 3 aromatic rings. The first-order valence-electron chi connectivity index (χ1n) is 7.75. The first-order valence-corrected chi connectivity index (χ1v) is 9.39. The number of fused-ring (bicyclic) bond motifs is 1. The summed E-state index contributed by atoms with van der Waals surface area (Å²) in [6.45, 7) is 2.65. The summed E-state index contributed by atoms with van der Waals surface area (Å²) in [4.78, 5) is 17.6. The molecular formula is C16H12B3N3S2. The fourth-order valence-corrected chi connectivity index (χ4v) is 4.59. The van der Waals surface area contributed by atoms with Crippen LogP contribution in [0.2, 0.25) is 0 Å². The summed E-state index contributed by atoms with van der Waals surface area (Å²) in [7, 11) is 8.93. The molecule has 0 unspecified atom stereocenters. The first kappa shape index (κ1) is 15.8. The topological polar surface area (TPSA) is 37.6 Å². The van der Waals surface area contributed by atoms with E-state index < -0.39 is 0 Å². The molecule has 0 aromatic carbocycles. The minimum absolute atomic E-state index is 0.480. The second-order valence-corrected chi connectivity index (χ2v) is 7.64. The standard InChI is InChI=1S/C16H12B3N3S2/c1-2-9-3-4-12(23-9)15-16-14(21-8-22-16)10(7-20-15)11-5-6-13(24-11)18-19-17/h3-7H,2,8H2,1H3. The van der Waals surface area contributed by atoms with Gasteiger partial charge in [-0.1, -0.05) is 13.0 Å². The molecule has 3 aromatic heterocycles. The van der Waals surface area contributed by atoms with E-state index in [1.54, 1.807) is 29.7 Å². The molecule has 0 N–H and O–H groups in total. The maximum atomic E-state index is 5.48. The van der Waals surface area contributed by atoms with Gasteiger partial charge in [-0.15, -0.1) is 11.3 Å². The largest absolute Gasteiger partial charge is 0.259 e. The van der Waals surface area contributed by atoms with Crippen molar-refractivity contribution in [1.82, 2.24) is 4.98 Å². The van der Waals surface area contributed by atoms with Crippen molar-refractivity contribution >= 4 is 49.4 Å². The Hall–Kier alpha value is -1.66. The van der Waals surface area contributed by atoms with E-state index in [1.807, 2.05) is 13.4 Å². The van der Waals surface area contributed by atoms with Crippen molar-refractivity contribution in [2.75, 3.05) is 6.67 Å². The molecule has 0 amide bonds. The van der Waals surface area contributed by atoms with Gasteiger partial charge in [0.2, 0.25) is 0 Å². The molecule has 0 aliphatic carbocycles. The molecule has 3 nitrogen and oxygen atoms in total. The molecule has 0 saturated heterocycles. The van der Waals surface area contributed by atoms with E-state index >= 15 is 0 Å². The Morgan fingerprint density at radius 3 is 2.71 bits per heavy atom. The zero-order valence-electron chi connectivity index (χ0n) is 13.2. The van der Waals surface area contributed by atoms with Crippen LogP contribution in [0.25, 0.3) is 21.0 Å². The molecule has 1 aliphatic heterocycles. The second kappa shape index (κ2) is 6.69. The molecule has 4 radical (unpaired) electrons. The third-order valence-corrected chi connectivity index (χ3v) is 6.20. The lowest BCUT2D eigenvalue weighted by molar-refractivity contribution is 1.06. The summed E-state index contributed by atoms with van der Waals surface area (Å²) in [5, 5.41) is 1.87. The molecule has 8 heteroatoms. The molecule has 4 rings (SSSR count). The highest BCUT2D eigenvalue weighted by Crippen LogP contribution is 2.26. The minimum atomic E-state index is 0.480. The van der Waals surface area contributed by atoms with Gasteiger partial charge in [0.25, 0.3) is 0 Å². The molecular weight excluding hydrogens is 331 g/mol. The van der Waals surface area contributed by atoms with Crippen LogP contribution >= 0.6 is 22.7 Å². The Morgan fingerprint density at radius 1 is 1.08 bits per heavy atom. The molecule has 0 bridgehead atoms. The summed E-state index contributed by atoms with van der Waals surface area (Å²) < 4.78 is 1.12. The van der Waals surface area contributed by atoms with Crippen LogP contribution in [-0.2, 0) is 6.42 Å². The highest BCUT2D eigenvalue weighted by Gasteiger charge is 2.15. The zero-order chi connectivity index (χ0) is 16.5. The Balaban J connectivity index is 1.82. The van der Waals surface area contributed by atoms with Crippen molar-refractivity contribution in [2.45, 2.75) is 13.3 Å². The monoisotopic (exact) mass is 343 g/mol. The molecule has 0 spiro atoms. The minimum Gasteiger partial charge on any atom is -0.259 e. The smallest absolute Gasteiger partial charge is 0.131 e. The number of nitrogens with zero attached hydrogens (tertiary/aromatic N) is 3. The summed E-state index contributed by atoms with van der Waals surface area (Å²) in [5.41, 5.74) is 1.99. The molecule has 4 heterocycles. The Bertz CT molecular complexity index is 1010. The van der Waals surface area contributed by atoms with Crippen molar-refractivity contribution in [3.05, 3.63) is 46.1 Å². The van der Waals surface area contributed by atoms with E-state index in [-0.39, 0.29) is 0 Å². The number of thiophene rings is 2. The van der Waals surface area contributed by atoms with Gasteiger partial charge < -0.3 is 0 Å². The van der Waals surface area contributed by atoms with Gasteiger partial charge in [-0.25, -0.2) is 0 Å². The Kier molecular flexibility index (Phi) is 4.42.